The van der Waals surface area contributed by atoms with Crippen molar-refractivity contribution in [2.75, 3.05) is 19.6 Å². The minimum absolute atomic E-state index is 0.0947. The Morgan fingerprint density at radius 1 is 1.09 bits per heavy atom. The third kappa shape index (κ3) is 3.72. The van der Waals surface area contributed by atoms with Gasteiger partial charge in [-0.2, -0.15) is 0 Å². The standard InChI is InChI=1S/C18H24N2O3/c21-17(20-11-4-8-15(13-20)18(22)23)16-9-5-10-19(16)12-14-6-2-1-3-7-14/h1-3,6-7,15-16H,4-5,8-13H2,(H,22,23)/t15-,16?/m0/s1. The summed E-state index contributed by atoms with van der Waals surface area (Å²) in [4.78, 5) is 28.1. The van der Waals surface area contributed by atoms with Crippen LogP contribution in [0.25, 0.3) is 0 Å². The molecule has 0 saturated carbocycles. The molecule has 1 N–H and O–H groups in total. The predicted molar refractivity (Wildman–Crippen MR) is 86.8 cm³/mol. The number of carboxylic acid groups (broad SMARTS) is 1. The highest BCUT2D eigenvalue weighted by Crippen LogP contribution is 2.24. The second-order valence-electron chi connectivity index (χ2n) is 6.58. The van der Waals surface area contributed by atoms with E-state index in [-0.39, 0.29) is 11.9 Å². The Labute approximate surface area is 136 Å². The number of hydrogen-bond donors (Lipinski definition) is 1. The first-order chi connectivity index (χ1) is 11.1. The van der Waals surface area contributed by atoms with Crippen molar-refractivity contribution in [1.29, 1.82) is 0 Å². The zero-order valence-electron chi connectivity index (χ0n) is 13.4. The largest absolute Gasteiger partial charge is 0.481 e. The number of amides is 1. The van der Waals surface area contributed by atoms with E-state index in [2.05, 4.69) is 17.0 Å². The van der Waals surface area contributed by atoms with Crippen LogP contribution in [0.15, 0.2) is 30.3 Å². The molecule has 5 heteroatoms. The van der Waals surface area contributed by atoms with Crippen LogP contribution in [0, 0.1) is 5.92 Å². The topological polar surface area (TPSA) is 60.9 Å². The van der Waals surface area contributed by atoms with Crippen LogP contribution in [-0.2, 0) is 16.1 Å². The van der Waals surface area contributed by atoms with Gasteiger partial charge >= 0.3 is 5.97 Å². The van der Waals surface area contributed by atoms with Crippen LogP contribution in [0.1, 0.15) is 31.2 Å². The number of carboxylic acids is 1. The van der Waals surface area contributed by atoms with Crippen molar-refractivity contribution in [3.8, 4) is 0 Å². The van der Waals surface area contributed by atoms with Crippen LogP contribution in [-0.4, -0.2) is 52.5 Å². The molecule has 23 heavy (non-hydrogen) atoms. The van der Waals surface area contributed by atoms with E-state index in [1.807, 2.05) is 18.2 Å². The van der Waals surface area contributed by atoms with Crippen molar-refractivity contribution >= 4 is 11.9 Å². The first-order valence-corrected chi connectivity index (χ1v) is 8.44. The fourth-order valence-electron chi connectivity index (χ4n) is 3.70. The van der Waals surface area contributed by atoms with Crippen LogP contribution in [0.5, 0.6) is 0 Å². The van der Waals surface area contributed by atoms with Crippen molar-refractivity contribution in [2.45, 2.75) is 38.3 Å². The molecule has 1 amide bonds. The Hall–Kier alpha value is -1.88. The van der Waals surface area contributed by atoms with Gasteiger partial charge in [-0.05, 0) is 37.8 Å². The lowest BCUT2D eigenvalue weighted by atomic mass is 9.97. The van der Waals surface area contributed by atoms with E-state index in [1.165, 1.54) is 5.56 Å². The van der Waals surface area contributed by atoms with Crippen LogP contribution >= 0.6 is 0 Å². The van der Waals surface area contributed by atoms with E-state index in [1.54, 1.807) is 4.90 Å². The number of likely N-dealkylation sites (tertiary alicyclic amines) is 2. The van der Waals surface area contributed by atoms with E-state index >= 15 is 0 Å². The second kappa shape index (κ2) is 7.13. The normalized spacial score (nSPS) is 25.5. The van der Waals surface area contributed by atoms with Crippen LogP contribution in [0.2, 0.25) is 0 Å². The van der Waals surface area contributed by atoms with E-state index < -0.39 is 11.9 Å². The van der Waals surface area contributed by atoms with Crippen LogP contribution in [0.4, 0.5) is 0 Å². The van der Waals surface area contributed by atoms with Gasteiger partial charge in [0.25, 0.3) is 0 Å². The molecule has 0 aromatic heterocycles. The molecule has 3 rings (SSSR count). The number of piperidine rings is 1. The van der Waals surface area contributed by atoms with Crippen molar-refractivity contribution in [3.63, 3.8) is 0 Å². The summed E-state index contributed by atoms with van der Waals surface area (Å²) < 4.78 is 0. The Balaban J connectivity index is 1.64. The summed E-state index contributed by atoms with van der Waals surface area (Å²) in [6, 6.07) is 10.1. The highest BCUT2D eigenvalue weighted by Gasteiger charge is 2.36. The minimum atomic E-state index is -0.782. The summed E-state index contributed by atoms with van der Waals surface area (Å²) in [6.45, 7) is 2.77. The SMILES string of the molecule is O=C(O)[C@H]1CCCN(C(=O)C2CCCN2Cc2ccccc2)C1. The van der Waals surface area contributed by atoms with Crippen molar-refractivity contribution in [1.82, 2.24) is 9.80 Å². The summed E-state index contributed by atoms with van der Waals surface area (Å²) in [6.07, 6.45) is 3.37. The molecular weight excluding hydrogens is 292 g/mol. The number of rotatable bonds is 4. The van der Waals surface area contributed by atoms with E-state index in [9.17, 15) is 14.7 Å². The molecule has 2 atom stereocenters. The Morgan fingerprint density at radius 2 is 1.83 bits per heavy atom. The lowest BCUT2D eigenvalue weighted by molar-refractivity contribution is -0.147. The molecule has 1 aromatic carbocycles. The molecule has 2 heterocycles. The average Bonchev–Trinajstić information content (AvgIpc) is 3.03. The monoisotopic (exact) mass is 316 g/mol. The van der Waals surface area contributed by atoms with Gasteiger partial charge in [0.1, 0.15) is 0 Å². The first kappa shape index (κ1) is 16.0. The van der Waals surface area contributed by atoms with Crippen molar-refractivity contribution < 1.29 is 14.7 Å². The van der Waals surface area contributed by atoms with Gasteiger partial charge in [-0.15, -0.1) is 0 Å². The molecule has 0 aliphatic carbocycles. The van der Waals surface area contributed by atoms with Crippen LogP contribution < -0.4 is 0 Å². The Bertz CT molecular complexity index is 561. The second-order valence-corrected chi connectivity index (χ2v) is 6.58. The smallest absolute Gasteiger partial charge is 0.308 e. The quantitative estimate of drug-likeness (QED) is 0.922. The van der Waals surface area contributed by atoms with E-state index in [0.29, 0.717) is 19.5 Å². The van der Waals surface area contributed by atoms with Gasteiger partial charge in [-0.3, -0.25) is 14.5 Å². The zero-order valence-corrected chi connectivity index (χ0v) is 13.4. The first-order valence-electron chi connectivity index (χ1n) is 8.44. The number of aliphatic carboxylic acids is 1. The lowest BCUT2D eigenvalue weighted by Gasteiger charge is -2.35. The van der Waals surface area contributed by atoms with Gasteiger partial charge in [0.05, 0.1) is 12.0 Å². The third-order valence-corrected chi connectivity index (χ3v) is 4.96. The molecule has 0 spiro atoms. The summed E-state index contributed by atoms with van der Waals surface area (Å²) >= 11 is 0. The van der Waals surface area contributed by atoms with Crippen LogP contribution in [0.3, 0.4) is 0 Å². The van der Waals surface area contributed by atoms with Gasteiger partial charge < -0.3 is 10.0 Å². The third-order valence-electron chi connectivity index (χ3n) is 4.96. The molecule has 2 saturated heterocycles. The maximum atomic E-state index is 12.9. The molecule has 1 unspecified atom stereocenters. The van der Waals surface area contributed by atoms with Crippen molar-refractivity contribution in [2.24, 2.45) is 5.92 Å². The van der Waals surface area contributed by atoms with Crippen molar-refractivity contribution in [3.05, 3.63) is 35.9 Å². The molecule has 124 valence electrons. The number of hydrogen-bond acceptors (Lipinski definition) is 3. The van der Waals surface area contributed by atoms with Gasteiger partial charge in [0.2, 0.25) is 5.91 Å². The number of nitrogens with zero attached hydrogens (tertiary/aromatic N) is 2. The van der Waals surface area contributed by atoms with Gasteiger partial charge in [0.15, 0.2) is 0 Å². The van der Waals surface area contributed by atoms with Gasteiger partial charge in [-0.25, -0.2) is 0 Å². The average molecular weight is 316 g/mol. The fraction of sp³-hybridized carbons (Fsp3) is 0.556. The maximum Gasteiger partial charge on any atom is 0.308 e. The summed E-state index contributed by atoms with van der Waals surface area (Å²) in [5.74, 6) is -1.07. The molecule has 0 radical (unpaired) electrons. The molecule has 1 aromatic rings. The van der Waals surface area contributed by atoms with Gasteiger partial charge in [0, 0.05) is 19.6 Å². The molecule has 2 aliphatic rings. The molecule has 2 fully saturated rings. The van der Waals surface area contributed by atoms with Gasteiger partial charge in [-0.1, -0.05) is 30.3 Å². The number of benzene rings is 1. The minimum Gasteiger partial charge on any atom is -0.481 e. The fourth-order valence-corrected chi connectivity index (χ4v) is 3.70. The highest BCUT2D eigenvalue weighted by molar-refractivity contribution is 5.83. The predicted octanol–water partition coefficient (Wildman–Crippen LogP) is 1.97. The molecule has 2 aliphatic heterocycles. The summed E-state index contributed by atoms with van der Waals surface area (Å²) in [7, 11) is 0. The Kier molecular flexibility index (Phi) is 4.96. The molecule has 0 bridgehead atoms. The van der Waals surface area contributed by atoms with E-state index in [0.717, 1.165) is 32.4 Å². The Morgan fingerprint density at radius 3 is 2.57 bits per heavy atom. The zero-order chi connectivity index (χ0) is 16.2. The summed E-state index contributed by atoms with van der Waals surface area (Å²) in [5, 5.41) is 9.20. The molecule has 5 nitrogen and oxygen atoms in total. The highest BCUT2D eigenvalue weighted by atomic mass is 16.4. The number of carbonyl (C=O) groups excluding carboxylic acids is 1. The lowest BCUT2D eigenvalue weighted by Crippen LogP contribution is -2.50. The molecular formula is C18H24N2O3. The number of carbonyl (C=O) groups is 2. The van der Waals surface area contributed by atoms with E-state index in [4.69, 9.17) is 0 Å². The maximum absolute atomic E-state index is 12.9. The summed E-state index contributed by atoms with van der Waals surface area (Å²) in [5.41, 5.74) is 1.22.